The van der Waals surface area contributed by atoms with Gasteiger partial charge in [0.1, 0.15) is 0 Å². The number of hydrogen-bond donors (Lipinski definition) is 0. The molecule has 0 N–H and O–H groups in total. The van der Waals surface area contributed by atoms with E-state index in [0.717, 1.165) is 0 Å². The third-order valence-electron chi connectivity index (χ3n) is 1.56. The zero-order valence-corrected chi connectivity index (χ0v) is 8.29. The van der Waals surface area contributed by atoms with Crippen molar-refractivity contribution in [1.29, 1.82) is 0 Å². The van der Waals surface area contributed by atoms with Crippen molar-refractivity contribution in [2.24, 2.45) is 0 Å². The van der Waals surface area contributed by atoms with Crippen LogP contribution in [0.4, 0.5) is 0 Å². The molecule has 1 heterocycles. The molecule has 1 aromatic heterocycles. The van der Waals surface area contributed by atoms with Crippen LogP contribution in [-0.2, 0) is 0 Å². The van der Waals surface area contributed by atoms with Gasteiger partial charge >= 0.3 is 66.4 Å². The van der Waals surface area contributed by atoms with Crippen LogP contribution in [0, 0.1) is 0 Å². The predicted octanol–water partition coefficient (Wildman–Crippen LogP) is 1.43. The van der Waals surface area contributed by atoms with E-state index in [1.54, 1.807) is 0 Å². The second-order valence-electron chi connectivity index (χ2n) is 2.23. The number of nitrogens with zero attached hydrogens (tertiary/aromatic N) is 1. The van der Waals surface area contributed by atoms with Crippen LogP contribution in [0.2, 0.25) is 10.9 Å². The van der Waals surface area contributed by atoms with Gasteiger partial charge in [-0.3, -0.25) is 0 Å². The normalized spacial score (nSPS) is 13.0. The summed E-state index contributed by atoms with van der Waals surface area (Å²) in [6, 6.07) is 4.22. The summed E-state index contributed by atoms with van der Waals surface area (Å²) in [6.45, 7) is 2.26. The molecule has 54 valence electrons. The Kier molecular flexibility index (Phi) is 2.95. The molecule has 1 rings (SSSR count). The third kappa shape index (κ3) is 1.85. The Morgan fingerprint density at radius 3 is 2.90 bits per heavy atom. The SMILES string of the molecule is CC[As](C)c1cccnc1. The van der Waals surface area contributed by atoms with Crippen LogP contribution >= 0.6 is 0 Å². The van der Waals surface area contributed by atoms with Crippen molar-refractivity contribution in [1.82, 2.24) is 4.98 Å². The zero-order valence-electron chi connectivity index (χ0n) is 6.41. The van der Waals surface area contributed by atoms with E-state index in [1.165, 1.54) is 9.56 Å². The Morgan fingerprint density at radius 1 is 1.60 bits per heavy atom. The molecule has 0 aromatic carbocycles. The molecule has 1 atom stereocenters. The van der Waals surface area contributed by atoms with Crippen molar-refractivity contribution in [3.63, 3.8) is 0 Å². The number of aromatic nitrogens is 1. The molecule has 0 fully saturated rings. The first-order chi connectivity index (χ1) is 4.84. The fraction of sp³-hybridized carbons (Fsp3) is 0.375. The van der Waals surface area contributed by atoms with Gasteiger partial charge in [-0.15, -0.1) is 0 Å². The average Bonchev–Trinajstić information content (AvgIpc) is 2.05. The Hall–Kier alpha value is -0.292. The Bertz CT molecular complexity index is 186. The van der Waals surface area contributed by atoms with Crippen molar-refractivity contribution < 1.29 is 0 Å². The van der Waals surface area contributed by atoms with Gasteiger partial charge in [0.25, 0.3) is 0 Å². The van der Waals surface area contributed by atoms with E-state index in [2.05, 4.69) is 23.7 Å². The topological polar surface area (TPSA) is 12.9 Å². The first-order valence-corrected chi connectivity index (χ1v) is 7.60. The van der Waals surface area contributed by atoms with Crippen LogP contribution in [0.25, 0.3) is 0 Å². The molecular weight excluding hydrogens is 185 g/mol. The summed E-state index contributed by atoms with van der Waals surface area (Å²) in [6.07, 6.45) is 3.84. The second kappa shape index (κ2) is 3.77. The van der Waals surface area contributed by atoms with Gasteiger partial charge in [-0.25, -0.2) is 0 Å². The number of pyridine rings is 1. The summed E-state index contributed by atoms with van der Waals surface area (Å²) < 4.78 is 1.48. The van der Waals surface area contributed by atoms with Crippen LogP contribution in [-0.4, -0.2) is 19.6 Å². The Morgan fingerprint density at radius 2 is 2.40 bits per heavy atom. The zero-order chi connectivity index (χ0) is 7.40. The second-order valence-corrected chi connectivity index (χ2v) is 7.56. The maximum absolute atomic E-state index is 4.09. The van der Waals surface area contributed by atoms with E-state index in [0.29, 0.717) is 0 Å². The van der Waals surface area contributed by atoms with E-state index in [4.69, 9.17) is 0 Å². The molecule has 0 saturated carbocycles. The van der Waals surface area contributed by atoms with Gasteiger partial charge in [0.2, 0.25) is 0 Å². The number of rotatable bonds is 2. The molecule has 0 bridgehead atoms. The summed E-state index contributed by atoms with van der Waals surface area (Å²) in [5.41, 5.74) is 2.37. The summed E-state index contributed by atoms with van der Waals surface area (Å²) in [5.74, 6) is 0. The molecule has 0 aliphatic carbocycles. The van der Waals surface area contributed by atoms with Crippen molar-refractivity contribution in [3.05, 3.63) is 24.5 Å². The first-order valence-electron chi connectivity index (χ1n) is 3.45. The molecule has 0 saturated heterocycles. The summed E-state index contributed by atoms with van der Waals surface area (Å²) in [7, 11) is 0. The molecular formula is C8H12AsN. The molecule has 10 heavy (non-hydrogen) atoms. The molecule has 0 aliphatic heterocycles. The standard InChI is InChI=1S/C8H12AsN/c1-3-9(2)8-5-4-6-10-7-8/h4-7H,3H2,1-2H3. The number of hydrogen-bond acceptors (Lipinski definition) is 1. The minimum atomic E-state index is -0.665. The molecule has 0 radical (unpaired) electrons. The fourth-order valence-electron chi connectivity index (χ4n) is 0.762. The van der Waals surface area contributed by atoms with Gasteiger partial charge in [-0.2, -0.15) is 0 Å². The summed E-state index contributed by atoms with van der Waals surface area (Å²) in [4.78, 5) is 4.09. The van der Waals surface area contributed by atoms with Crippen LogP contribution in [0.1, 0.15) is 6.92 Å². The van der Waals surface area contributed by atoms with Crippen LogP contribution in [0.5, 0.6) is 0 Å². The van der Waals surface area contributed by atoms with Crippen LogP contribution in [0.15, 0.2) is 24.5 Å². The average molecular weight is 197 g/mol. The Balaban J connectivity index is 2.75. The third-order valence-corrected chi connectivity index (χ3v) is 5.96. The van der Waals surface area contributed by atoms with Crippen molar-refractivity contribution in [2.45, 2.75) is 17.8 Å². The molecule has 1 unspecified atom stereocenters. The summed E-state index contributed by atoms with van der Waals surface area (Å²) in [5, 5.41) is 1.33. The Labute approximate surface area is 66.7 Å². The molecule has 1 aromatic rings. The maximum atomic E-state index is 4.09. The van der Waals surface area contributed by atoms with E-state index < -0.39 is 14.7 Å². The molecule has 0 aliphatic rings. The van der Waals surface area contributed by atoms with Gasteiger partial charge in [0.05, 0.1) is 0 Å². The quantitative estimate of drug-likeness (QED) is 0.653. The van der Waals surface area contributed by atoms with E-state index >= 15 is 0 Å². The van der Waals surface area contributed by atoms with Crippen LogP contribution in [0.3, 0.4) is 0 Å². The van der Waals surface area contributed by atoms with Crippen LogP contribution < -0.4 is 4.35 Å². The monoisotopic (exact) mass is 197 g/mol. The molecule has 0 amide bonds. The van der Waals surface area contributed by atoms with E-state index in [1.807, 2.05) is 18.5 Å². The van der Waals surface area contributed by atoms with Crippen molar-refractivity contribution in [3.8, 4) is 0 Å². The molecule has 0 spiro atoms. The molecule has 1 nitrogen and oxygen atoms in total. The van der Waals surface area contributed by atoms with Gasteiger partial charge in [0, 0.05) is 0 Å². The first kappa shape index (κ1) is 7.81. The predicted molar refractivity (Wildman–Crippen MR) is 46.0 cm³/mol. The van der Waals surface area contributed by atoms with E-state index in [-0.39, 0.29) is 0 Å². The van der Waals surface area contributed by atoms with Gasteiger partial charge in [-0.1, -0.05) is 0 Å². The van der Waals surface area contributed by atoms with Gasteiger partial charge in [0.15, 0.2) is 0 Å². The minimum absolute atomic E-state index is 0.665. The van der Waals surface area contributed by atoms with Crippen molar-refractivity contribution in [2.75, 3.05) is 0 Å². The fourth-order valence-corrected chi connectivity index (χ4v) is 2.80. The summed E-state index contributed by atoms with van der Waals surface area (Å²) >= 11 is -0.665. The van der Waals surface area contributed by atoms with E-state index in [9.17, 15) is 0 Å². The van der Waals surface area contributed by atoms with Crippen molar-refractivity contribution >= 4 is 19.0 Å². The molecule has 2 heteroatoms. The van der Waals surface area contributed by atoms with Gasteiger partial charge in [-0.05, 0) is 0 Å². The van der Waals surface area contributed by atoms with Gasteiger partial charge < -0.3 is 0 Å².